The van der Waals surface area contributed by atoms with Gasteiger partial charge in [-0.3, -0.25) is 0 Å². The van der Waals surface area contributed by atoms with Gasteiger partial charge in [-0.1, -0.05) is 0 Å². The molecule has 0 bridgehead atoms. The third-order valence-corrected chi connectivity index (χ3v) is 0. The van der Waals surface area contributed by atoms with Crippen LogP contribution in [0.3, 0.4) is 0 Å². The van der Waals surface area contributed by atoms with E-state index < -0.39 is 0 Å². The normalized spacial score (nSPS) is 1.25. The molecule has 0 aromatic heterocycles. The molecule has 0 aliphatic rings. The summed E-state index contributed by atoms with van der Waals surface area (Å²) in [5.74, 6) is 0. The molecule has 0 aliphatic heterocycles. The molecule has 4 heavy (non-hydrogen) atoms. The monoisotopic (exact) mass is 352 g/mol. The van der Waals surface area contributed by atoms with E-state index in [0.29, 0.717) is 0 Å². The molecule has 0 rings (SSSR count). The largest absolute Gasteiger partial charge is 0 e. The van der Waals surface area contributed by atoms with Crippen molar-refractivity contribution in [3.05, 3.63) is 0 Å². The molecule has 0 atom stereocenters. The Kier molecular flexibility index (Phi) is 66.7. The first-order chi connectivity index (χ1) is 1.00. The second kappa shape index (κ2) is 16.9. The summed E-state index contributed by atoms with van der Waals surface area (Å²) in [4.78, 5) is 0. The van der Waals surface area contributed by atoms with Crippen molar-refractivity contribution in [2.45, 2.75) is 0 Å². The molecule has 0 saturated heterocycles. The Labute approximate surface area is 77.6 Å². The van der Waals surface area contributed by atoms with E-state index in [1.54, 1.807) is 19.5 Å². The van der Waals surface area contributed by atoms with Gasteiger partial charge in [0.25, 0.3) is 0 Å². The van der Waals surface area contributed by atoms with Crippen molar-refractivity contribution in [1.29, 1.82) is 0 Å². The van der Waals surface area contributed by atoms with Gasteiger partial charge in [0, 0.05) is 47.6 Å². The summed E-state index contributed by atoms with van der Waals surface area (Å²) < 4.78 is 0. The maximum absolute atomic E-state index is 3.57. The first-order valence-electron chi connectivity index (χ1n) is 0.136. The summed E-state index contributed by atoms with van der Waals surface area (Å²) in [5.41, 5.74) is 0. The van der Waals surface area contributed by atoms with E-state index >= 15 is 0 Å². The molecule has 0 heterocycles. The Balaban J connectivity index is -0.00000000500. The molecule has 4 heteroatoms. The van der Waals surface area contributed by atoms with E-state index in [-0.39, 0.29) is 47.6 Å². The summed E-state index contributed by atoms with van der Waals surface area (Å²) in [6.07, 6.45) is 0. The van der Waals surface area contributed by atoms with Crippen molar-refractivity contribution in [3.8, 4) is 0 Å². The van der Waals surface area contributed by atoms with Crippen LogP contribution in [-0.2, 0) is 33.7 Å². The van der Waals surface area contributed by atoms with Crippen molar-refractivity contribution in [2.24, 2.45) is 0 Å². The Morgan fingerprint density at radius 1 is 1.25 bits per heavy atom. The van der Waals surface area contributed by atoms with Gasteiger partial charge < -0.3 is 0 Å². The molecule has 0 spiro atoms. The van der Waals surface area contributed by atoms with Crippen LogP contribution in [0.5, 0.6) is 0 Å². The van der Waals surface area contributed by atoms with Crippen LogP contribution in [0.4, 0.5) is 0 Å². The SMILES string of the molecule is [Co]=[Te].[In].[Ti]. The Morgan fingerprint density at radius 3 is 1.25 bits per heavy atom. The molecule has 0 aromatic carbocycles. The predicted molar refractivity (Wildman–Crippen MR) is 11.5 cm³/mol. The van der Waals surface area contributed by atoms with Gasteiger partial charge in [0.2, 0.25) is 0 Å². The van der Waals surface area contributed by atoms with Crippen molar-refractivity contribution in [1.82, 2.24) is 0 Å². The zero-order chi connectivity index (χ0) is 2.00. The van der Waals surface area contributed by atoms with Crippen LogP contribution < -0.4 is 0 Å². The van der Waals surface area contributed by atoms with E-state index in [0.717, 1.165) is 0 Å². The maximum Gasteiger partial charge on any atom is 0 e. The van der Waals surface area contributed by atoms with Crippen molar-refractivity contribution < 1.29 is 33.7 Å². The fraction of sp³-hybridized carbons (Fsp3) is 0. The fourth-order valence-corrected chi connectivity index (χ4v) is 0. The second-order valence-corrected chi connectivity index (χ2v) is 0. The van der Waals surface area contributed by atoms with Crippen LogP contribution in [0.25, 0.3) is 0 Å². The third kappa shape index (κ3) is 8.86. The molecule has 0 unspecified atom stereocenters. The zero-order valence-corrected chi connectivity index (χ0v) is 10.0. The standard InChI is InChI=1S/Co.In.Te.Ti. The van der Waals surface area contributed by atoms with Crippen molar-refractivity contribution in [3.63, 3.8) is 0 Å². The molecule has 0 nitrogen and oxygen atoms in total. The van der Waals surface area contributed by atoms with E-state index in [9.17, 15) is 0 Å². The van der Waals surface area contributed by atoms with Crippen LogP contribution >= 0.6 is 0 Å². The summed E-state index contributed by atoms with van der Waals surface area (Å²) in [5, 5.41) is 0. The molecule has 0 fully saturated rings. The average Bonchev–Trinajstić information content (AvgIpc) is 1.00. The molecule has 0 amide bonds. The molecule has 0 N–H and O–H groups in total. The van der Waals surface area contributed by atoms with E-state index in [4.69, 9.17) is 0 Å². The summed E-state index contributed by atoms with van der Waals surface area (Å²) in [6, 6.07) is 0. The third-order valence-electron chi connectivity index (χ3n) is 0. The number of hydrogen-bond donors (Lipinski definition) is 0. The Hall–Kier alpha value is 2.88. The van der Waals surface area contributed by atoms with E-state index in [1.165, 1.54) is 0 Å². The van der Waals surface area contributed by atoms with Gasteiger partial charge in [-0.15, -0.1) is 0 Å². The predicted octanol–water partition coefficient (Wildman–Crippen LogP) is -0.767. The van der Waals surface area contributed by atoms with Crippen LogP contribution in [0.2, 0.25) is 0 Å². The van der Waals surface area contributed by atoms with Gasteiger partial charge in [0.1, 0.15) is 0 Å². The Bertz CT molecular complexity index is 8.00. The topological polar surface area (TPSA) is 0 Å². The van der Waals surface area contributed by atoms with Crippen molar-refractivity contribution >= 4 is 45.4 Å². The van der Waals surface area contributed by atoms with Gasteiger partial charge in [-0.2, -0.15) is 0 Å². The zero-order valence-electron chi connectivity index (χ0n) is 1.82. The van der Waals surface area contributed by atoms with Crippen LogP contribution in [0.15, 0.2) is 0 Å². The summed E-state index contributed by atoms with van der Waals surface area (Å²) in [7, 11) is 0. The van der Waals surface area contributed by atoms with Crippen LogP contribution in [0.1, 0.15) is 0 Å². The van der Waals surface area contributed by atoms with E-state index in [1.807, 2.05) is 0 Å². The maximum atomic E-state index is 3.57. The fourth-order valence-electron chi connectivity index (χ4n) is 0. The molecule has 3 radical (unpaired) electrons. The Morgan fingerprint density at radius 2 is 1.25 bits per heavy atom. The average molecular weight is 349 g/mol. The smallest absolute Gasteiger partial charge is 0 e. The second-order valence-electron chi connectivity index (χ2n) is 0. The minimum absolute atomic E-state index is 0. The molecular weight excluding hydrogens is 349 g/mol. The van der Waals surface area contributed by atoms with Gasteiger partial charge in [0.15, 0.2) is 0 Å². The number of hydrogen-bond acceptors (Lipinski definition) is 0. The van der Waals surface area contributed by atoms with Crippen LogP contribution in [0, 0.1) is 0 Å². The molecule has 0 aliphatic carbocycles. The van der Waals surface area contributed by atoms with Crippen LogP contribution in [-0.4, -0.2) is 45.4 Å². The first kappa shape index (κ1) is 15.8. The number of rotatable bonds is 0. The summed E-state index contributed by atoms with van der Waals surface area (Å²) >= 11 is 5.21. The van der Waals surface area contributed by atoms with E-state index in [2.05, 4.69) is 12.0 Å². The molecular formula is CoInTeTi. The molecule has 0 aromatic rings. The minimum atomic E-state index is 0. The van der Waals surface area contributed by atoms with Gasteiger partial charge in [0.05, 0.1) is 0 Å². The van der Waals surface area contributed by atoms with Gasteiger partial charge in [-0.25, -0.2) is 0 Å². The summed E-state index contributed by atoms with van der Waals surface area (Å²) in [6.45, 7) is 0. The first-order valence-corrected chi connectivity index (χ1v) is 3.76. The minimum Gasteiger partial charge on any atom is 0 e. The molecule has 0 saturated carbocycles. The molecule has 22 valence electrons. The quantitative estimate of drug-likeness (QED) is 0.504. The van der Waals surface area contributed by atoms with Crippen molar-refractivity contribution in [2.75, 3.05) is 0 Å². The van der Waals surface area contributed by atoms with Gasteiger partial charge >= 0.3 is 31.6 Å². The van der Waals surface area contributed by atoms with Gasteiger partial charge in [-0.05, 0) is 0 Å².